The molecule has 21 heavy (non-hydrogen) atoms. The minimum absolute atomic E-state index is 0.0123. The fourth-order valence-corrected chi connectivity index (χ4v) is 2.82. The number of rotatable bonds is 7. The zero-order chi connectivity index (χ0) is 15.4. The molecule has 4 nitrogen and oxygen atoms in total. The van der Waals surface area contributed by atoms with Gasteiger partial charge in [0.05, 0.1) is 11.0 Å². The summed E-state index contributed by atoms with van der Waals surface area (Å²) in [5.41, 5.74) is 2.39. The Morgan fingerprint density at radius 3 is 2.38 bits per heavy atom. The molecule has 2 rings (SSSR count). The Kier molecular flexibility index (Phi) is 5.23. The van der Waals surface area contributed by atoms with E-state index in [0.29, 0.717) is 31.0 Å². The van der Waals surface area contributed by atoms with Gasteiger partial charge in [0.15, 0.2) is 5.78 Å². The van der Waals surface area contributed by atoms with Crippen LogP contribution in [-0.2, 0) is 13.1 Å². The normalized spacial score (nSPS) is 11.2. The largest absolute Gasteiger partial charge is 0.329 e. The molecular formula is C16H21ClN2O2. The molecule has 1 aromatic heterocycles. The van der Waals surface area contributed by atoms with Crippen molar-refractivity contribution < 1.29 is 4.79 Å². The maximum atomic E-state index is 12.3. The molecule has 0 saturated heterocycles. The van der Waals surface area contributed by atoms with E-state index in [1.807, 2.05) is 32.0 Å². The summed E-state index contributed by atoms with van der Waals surface area (Å²) in [5.74, 6) is 0.697. The summed E-state index contributed by atoms with van der Waals surface area (Å²) in [6, 6.07) is 5.54. The van der Waals surface area contributed by atoms with Crippen LogP contribution in [-0.4, -0.2) is 20.8 Å². The molecule has 1 heterocycles. The lowest BCUT2D eigenvalue weighted by Gasteiger charge is -2.03. The first kappa shape index (κ1) is 15.8. The second kappa shape index (κ2) is 6.94. The van der Waals surface area contributed by atoms with E-state index in [4.69, 9.17) is 11.6 Å². The second-order valence-electron chi connectivity index (χ2n) is 5.04. The lowest BCUT2D eigenvalue weighted by atomic mass is 10.1. The molecule has 0 atom stereocenters. The highest BCUT2D eigenvalue weighted by Gasteiger charge is 2.13. The number of nitrogens with zero attached hydrogens (tertiary/aromatic N) is 2. The Bertz CT molecular complexity index is 700. The molecule has 1 aromatic carbocycles. The van der Waals surface area contributed by atoms with Gasteiger partial charge in [-0.25, -0.2) is 4.79 Å². The first-order valence-corrected chi connectivity index (χ1v) is 7.99. The van der Waals surface area contributed by atoms with E-state index >= 15 is 0 Å². The van der Waals surface area contributed by atoms with Crippen LogP contribution in [0.15, 0.2) is 23.0 Å². The second-order valence-corrected chi connectivity index (χ2v) is 5.42. The first-order chi connectivity index (χ1) is 10.1. The van der Waals surface area contributed by atoms with Crippen LogP contribution in [0.3, 0.4) is 0 Å². The highest BCUT2D eigenvalue weighted by Crippen LogP contribution is 2.17. The average molecular weight is 309 g/mol. The molecule has 5 heteroatoms. The van der Waals surface area contributed by atoms with Crippen molar-refractivity contribution in [3.05, 3.63) is 34.2 Å². The molecule has 2 aromatic rings. The van der Waals surface area contributed by atoms with Gasteiger partial charge in [0.25, 0.3) is 0 Å². The molecule has 0 amide bonds. The minimum atomic E-state index is -0.0123. The van der Waals surface area contributed by atoms with Crippen LogP contribution >= 0.6 is 11.6 Å². The van der Waals surface area contributed by atoms with Crippen molar-refractivity contribution in [2.24, 2.45) is 0 Å². The van der Waals surface area contributed by atoms with Gasteiger partial charge < -0.3 is 0 Å². The van der Waals surface area contributed by atoms with Gasteiger partial charge in [-0.1, -0.05) is 0 Å². The molecule has 114 valence electrons. The van der Waals surface area contributed by atoms with Gasteiger partial charge in [0.1, 0.15) is 0 Å². The number of fused-ring (bicyclic) bond motifs is 1. The molecule has 0 unspecified atom stereocenters. The maximum Gasteiger partial charge on any atom is 0.329 e. The van der Waals surface area contributed by atoms with E-state index in [2.05, 4.69) is 0 Å². The van der Waals surface area contributed by atoms with Crippen LogP contribution < -0.4 is 5.69 Å². The Labute approximate surface area is 129 Å². The number of carbonyl (C=O) groups is 1. The minimum Gasteiger partial charge on any atom is -0.294 e. The predicted octanol–water partition coefficient (Wildman–Crippen LogP) is 3.43. The Morgan fingerprint density at radius 1 is 1.10 bits per heavy atom. The third kappa shape index (κ3) is 3.05. The Balaban J connectivity index is 2.41. The summed E-state index contributed by atoms with van der Waals surface area (Å²) in [7, 11) is 0. The number of ketones is 1. The van der Waals surface area contributed by atoms with Crippen molar-refractivity contribution in [2.45, 2.75) is 46.2 Å². The lowest BCUT2D eigenvalue weighted by Crippen LogP contribution is -2.23. The summed E-state index contributed by atoms with van der Waals surface area (Å²) in [6.07, 6.45) is 2.15. The van der Waals surface area contributed by atoms with E-state index in [1.165, 1.54) is 0 Å². The van der Waals surface area contributed by atoms with E-state index in [1.54, 1.807) is 9.13 Å². The van der Waals surface area contributed by atoms with Crippen molar-refractivity contribution in [2.75, 3.05) is 5.88 Å². The van der Waals surface area contributed by atoms with E-state index < -0.39 is 0 Å². The standard InChI is InChI=1S/C16H21ClN2O2/c1-3-18-13-9-8-12(15(20)7-5-6-10-17)11-14(13)19(4-2)16(18)21/h8-9,11H,3-7,10H2,1-2H3. The van der Waals surface area contributed by atoms with Gasteiger partial charge in [-0.05, 0) is 44.9 Å². The number of halogens is 1. The van der Waals surface area contributed by atoms with Gasteiger partial charge in [0, 0.05) is 31.0 Å². The number of unbranched alkanes of at least 4 members (excludes halogenated alkanes) is 1. The van der Waals surface area contributed by atoms with Crippen LogP contribution in [0, 0.1) is 0 Å². The van der Waals surface area contributed by atoms with Crippen LogP contribution in [0.5, 0.6) is 0 Å². The first-order valence-electron chi connectivity index (χ1n) is 7.46. The van der Waals surface area contributed by atoms with Crippen LogP contribution in [0.25, 0.3) is 11.0 Å². The summed E-state index contributed by atoms with van der Waals surface area (Å²) >= 11 is 5.63. The van der Waals surface area contributed by atoms with Crippen molar-refractivity contribution in [1.29, 1.82) is 0 Å². The Morgan fingerprint density at radius 2 is 1.76 bits per heavy atom. The third-order valence-corrected chi connectivity index (χ3v) is 4.03. The predicted molar refractivity (Wildman–Crippen MR) is 86.4 cm³/mol. The number of Topliss-reactive ketones (excluding diaryl/α,β-unsaturated/α-hetero) is 1. The van der Waals surface area contributed by atoms with Gasteiger partial charge in [0.2, 0.25) is 0 Å². The SMILES string of the molecule is CCn1c(=O)n(CC)c2cc(C(=O)CCCCCl)ccc21. The highest BCUT2D eigenvalue weighted by atomic mass is 35.5. The summed E-state index contributed by atoms with van der Waals surface area (Å²) < 4.78 is 3.45. The quantitative estimate of drug-likeness (QED) is 0.447. The maximum absolute atomic E-state index is 12.3. The van der Waals surface area contributed by atoms with E-state index in [-0.39, 0.29) is 11.5 Å². The van der Waals surface area contributed by atoms with Gasteiger partial charge in [-0.3, -0.25) is 13.9 Å². The van der Waals surface area contributed by atoms with Crippen LogP contribution in [0.2, 0.25) is 0 Å². The van der Waals surface area contributed by atoms with Gasteiger partial charge in [-0.15, -0.1) is 11.6 Å². The number of aromatic nitrogens is 2. The summed E-state index contributed by atoms with van der Waals surface area (Å²) in [4.78, 5) is 24.5. The molecule has 0 spiro atoms. The number of benzene rings is 1. The average Bonchev–Trinajstić information content (AvgIpc) is 2.77. The molecule has 0 radical (unpaired) electrons. The smallest absolute Gasteiger partial charge is 0.294 e. The fourth-order valence-electron chi connectivity index (χ4n) is 2.63. The topological polar surface area (TPSA) is 44.0 Å². The number of aryl methyl sites for hydroxylation is 2. The summed E-state index contributed by atoms with van der Waals surface area (Å²) in [6.45, 7) is 5.12. The molecule has 0 fully saturated rings. The molecule has 0 saturated carbocycles. The van der Waals surface area contributed by atoms with Crippen LogP contribution in [0.1, 0.15) is 43.5 Å². The zero-order valence-electron chi connectivity index (χ0n) is 12.6. The number of imidazole rings is 1. The van der Waals surface area contributed by atoms with Crippen molar-refractivity contribution in [1.82, 2.24) is 9.13 Å². The van der Waals surface area contributed by atoms with Crippen LogP contribution in [0.4, 0.5) is 0 Å². The Hall–Kier alpha value is -1.55. The molecule has 0 aliphatic carbocycles. The number of alkyl halides is 1. The number of hydrogen-bond acceptors (Lipinski definition) is 2. The monoisotopic (exact) mass is 308 g/mol. The molecule has 0 N–H and O–H groups in total. The lowest BCUT2D eigenvalue weighted by molar-refractivity contribution is 0.0980. The van der Waals surface area contributed by atoms with E-state index in [0.717, 1.165) is 23.9 Å². The fraction of sp³-hybridized carbons (Fsp3) is 0.500. The van der Waals surface area contributed by atoms with E-state index in [9.17, 15) is 9.59 Å². The van der Waals surface area contributed by atoms with Crippen molar-refractivity contribution in [3.63, 3.8) is 0 Å². The molecule has 0 bridgehead atoms. The van der Waals surface area contributed by atoms with Crippen molar-refractivity contribution in [3.8, 4) is 0 Å². The number of hydrogen-bond donors (Lipinski definition) is 0. The number of carbonyl (C=O) groups excluding carboxylic acids is 1. The molecule has 0 aliphatic rings. The molecule has 0 aliphatic heterocycles. The highest BCUT2D eigenvalue weighted by molar-refractivity contribution is 6.17. The van der Waals surface area contributed by atoms with Crippen molar-refractivity contribution >= 4 is 28.4 Å². The summed E-state index contributed by atoms with van der Waals surface area (Å²) in [5, 5.41) is 0. The van der Waals surface area contributed by atoms with Gasteiger partial charge in [-0.2, -0.15) is 0 Å². The molecular weight excluding hydrogens is 288 g/mol. The van der Waals surface area contributed by atoms with Gasteiger partial charge >= 0.3 is 5.69 Å². The third-order valence-electron chi connectivity index (χ3n) is 3.76. The zero-order valence-corrected chi connectivity index (χ0v) is 13.3.